The van der Waals surface area contributed by atoms with E-state index in [4.69, 9.17) is 24.9 Å². The van der Waals surface area contributed by atoms with Gasteiger partial charge in [-0.1, -0.05) is 27.4 Å². The first kappa shape index (κ1) is 69.6. The fourth-order valence-corrected chi connectivity index (χ4v) is 1.11. The van der Waals surface area contributed by atoms with E-state index in [0.29, 0.717) is 0 Å². The Kier molecular flexibility index (Phi) is 54.0. The summed E-state index contributed by atoms with van der Waals surface area (Å²) < 4.78 is 67.7. The van der Waals surface area contributed by atoms with Gasteiger partial charge in [0.1, 0.15) is 0 Å². The smallest absolute Gasteiger partial charge is 0.876 e. The molecule has 0 saturated carbocycles. The van der Waals surface area contributed by atoms with Crippen molar-refractivity contribution in [3.05, 3.63) is 59.7 Å². The molecule has 0 aromatic heterocycles. The summed E-state index contributed by atoms with van der Waals surface area (Å²) in [5.41, 5.74) is 0. The number of aliphatic carboxylic acids is 3. The Morgan fingerprint density at radius 1 is 0.510 bits per heavy atom. The number of ketones is 4. The molecular weight excluding hydrogens is 917 g/mol. The van der Waals surface area contributed by atoms with Crippen LogP contribution in [0.1, 0.15) is 41.5 Å². The molecule has 24 heteroatoms. The zero-order valence-corrected chi connectivity index (χ0v) is 37.0. The van der Waals surface area contributed by atoms with Gasteiger partial charge in [-0.3, -0.25) is 19.2 Å². The Hall–Kier alpha value is -1.19. The molecule has 0 aromatic carbocycles. The molecule has 0 aliphatic heterocycles. The maximum Gasteiger partial charge on any atom is 2.00 e. The Bertz CT molecular complexity index is 1120. The van der Waals surface area contributed by atoms with Crippen molar-refractivity contribution >= 4 is 177 Å². The summed E-state index contributed by atoms with van der Waals surface area (Å²) in [6.07, 6.45) is -7.71. The molecule has 0 saturated heterocycles. The summed E-state index contributed by atoms with van der Waals surface area (Å²) in [5, 5.41) is 73.1. The van der Waals surface area contributed by atoms with Crippen LogP contribution in [0, 0.1) is 0 Å². The van der Waals surface area contributed by atoms with Crippen LogP contribution in [0.25, 0.3) is 0 Å². The van der Waals surface area contributed by atoms with Crippen LogP contribution in [0.5, 0.6) is 0 Å². The Labute approximate surface area is 386 Å². The number of carbonyl (C=O) groups is 7. The number of hydrogen-bond donors (Lipinski definition) is 2. The van der Waals surface area contributed by atoms with E-state index in [9.17, 15) is 75.8 Å². The normalized spacial score (nSPS) is 10.5. The van der Waals surface area contributed by atoms with Crippen LogP contribution in [0.15, 0.2) is 59.7 Å². The van der Waals surface area contributed by atoms with Crippen molar-refractivity contribution in [3.8, 4) is 0 Å². The van der Waals surface area contributed by atoms with Crippen LogP contribution in [-0.2, 0) is 33.6 Å². The second-order valence-electron chi connectivity index (χ2n) is 7.29. The van der Waals surface area contributed by atoms with Crippen molar-refractivity contribution in [1.82, 2.24) is 0 Å². The van der Waals surface area contributed by atoms with E-state index in [0.717, 1.165) is 26.0 Å². The quantitative estimate of drug-likeness (QED) is 0.0875. The average molecular weight is 943 g/mol. The van der Waals surface area contributed by atoms with Gasteiger partial charge >= 0.3 is 161 Å². The zero-order chi connectivity index (χ0) is 38.8. The third-order valence-electron chi connectivity index (χ3n) is 2.45. The minimum Gasteiger partial charge on any atom is -0.876 e. The number of carbonyl (C=O) groups excluding carboxylic acids is 5. The monoisotopic (exact) mass is 944 g/mol. The van der Waals surface area contributed by atoms with Gasteiger partial charge in [-0.25, -0.2) is 9.59 Å². The average Bonchev–Trinajstić information content (AvgIpc) is 2.77. The molecule has 0 bridgehead atoms. The zero-order valence-electron chi connectivity index (χ0n) is 26.6. The molecule has 2 N–H and O–H groups in total. The van der Waals surface area contributed by atoms with E-state index < -0.39 is 59.1 Å². The third kappa shape index (κ3) is 77.6. The van der Waals surface area contributed by atoms with Gasteiger partial charge in [-0.2, -0.15) is 26.3 Å². The number of rotatable bonds is 5. The first-order valence-corrected chi connectivity index (χ1v) is 10.9. The minimum absolute atomic E-state index is 0. The molecule has 0 amide bonds. The number of hydrogen-bond acceptors (Lipinski definition) is 13. The first-order chi connectivity index (χ1) is 20.2. The van der Waals surface area contributed by atoms with Crippen LogP contribution in [0.3, 0.4) is 0 Å². The molecule has 0 radical (unpaired) electrons. The molecule has 0 atom stereocenters. The Morgan fingerprint density at radius 3 is 0.776 bits per heavy atom. The maximum absolute atomic E-state index is 11.3. The number of allylic oxidation sites excluding steroid dienone is 8. The molecule has 0 aliphatic rings. The van der Waals surface area contributed by atoms with Crippen molar-refractivity contribution in [2.45, 2.75) is 53.9 Å². The van der Waals surface area contributed by atoms with Gasteiger partial charge in [0.25, 0.3) is 5.78 Å². The summed E-state index contributed by atoms with van der Waals surface area (Å²) >= 11 is 0. The largest absolute Gasteiger partial charge is 2.00 e. The summed E-state index contributed by atoms with van der Waals surface area (Å²) in [5.74, 6) is -13.3. The van der Waals surface area contributed by atoms with Crippen LogP contribution >= 0.6 is 0 Å². The Morgan fingerprint density at radius 2 is 0.735 bits per heavy atom. The fourth-order valence-electron chi connectivity index (χ4n) is 1.11. The molecule has 0 unspecified atom stereocenters. The van der Waals surface area contributed by atoms with Crippen molar-refractivity contribution < 1.29 is 101 Å². The fraction of sp³-hybridized carbons (Fsp3) is 0.320. The van der Waals surface area contributed by atoms with Crippen molar-refractivity contribution in [1.29, 1.82) is 0 Å². The SMILES string of the molecule is C/C([O-])=C/C(=O)C(F)(F)F.C=C([O-])C(=O)O.CC(=O)/C=C(/C)[O-].CC(=O)/C=C(/C)[O-].CC(=O)/C=C(\[O-])C(F)(F)F.O=C([O-])C(=O)O.[Sr+2].[Sr+2].[Sr+2]. The van der Waals surface area contributed by atoms with Gasteiger partial charge in [0, 0.05) is 0 Å². The number of alkyl halides is 6. The van der Waals surface area contributed by atoms with Crippen molar-refractivity contribution in [3.63, 3.8) is 0 Å². The molecule has 0 fully saturated rings. The van der Waals surface area contributed by atoms with Crippen molar-refractivity contribution in [2.24, 2.45) is 0 Å². The van der Waals surface area contributed by atoms with Crippen LogP contribution < -0.4 is 30.6 Å². The van der Waals surface area contributed by atoms with E-state index >= 15 is 0 Å². The molecule has 49 heavy (non-hydrogen) atoms. The molecule has 264 valence electrons. The minimum atomic E-state index is -4.92. The van der Waals surface area contributed by atoms with Crippen molar-refractivity contribution in [2.75, 3.05) is 0 Å². The number of halogens is 6. The molecule has 0 spiro atoms. The van der Waals surface area contributed by atoms with Crippen LogP contribution in [0.2, 0.25) is 0 Å². The summed E-state index contributed by atoms with van der Waals surface area (Å²) in [7, 11) is 0. The maximum atomic E-state index is 11.3. The number of carboxylic acid groups (broad SMARTS) is 3. The third-order valence-corrected chi connectivity index (χ3v) is 2.45. The molecular formula is C25H26F6O15Sr3. The topological polar surface area (TPSA) is 298 Å². The number of carboxylic acids is 3. The second kappa shape index (κ2) is 38.1. The molecule has 15 nitrogen and oxygen atoms in total. The van der Waals surface area contributed by atoms with Gasteiger partial charge in [0.2, 0.25) is 0 Å². The van der Waals surface area contributed by atoms with E-state index in [1.807, 2.05) is 0 Å². The first-order valence-electron chi connectivity index (χ1n) is 10.9. The summed E-state index contributed by atoms with van der Waals surface area (Å²) in [4.78, 5) is 67.1. The summed E-state index contributed by atoms with van der Waals surface area (Å²) in [6, 6.07) is 0. The van der Waals surface area contributed by atoms with E-state index in [2.05, 4.69) is 6.58 Å². The molecule has 0 aliphatic carbocycles. The van der Waals surface area contributed by atoms with Gasteiger partial charge in [0.05, 0.1) is 0 Å². The summed E-state index contributed by atoms with van der Waals surface area (Å²) in [6.45, 7) is 9.75. The standard InChI is InChI=1S/2C5H5F3O2.2C5H8O2.C3H4O3.C2H2O4.3Sr/c2*1-3(9)2-4(10)5(6,7)8;2*1-4(6)3-5(2)7;1-2(4)3(5)6;3-1(4)2(5)6;;;/h2,10H,1H3;2,9H,1H3;2*3,6H,1-2H3;4H,1H2,(H,5,6);(H,3,4)(H,5,6);;;/q;;;;;;3*+2/p-6/b4-2-;3-2-;2*4-3-;;;;;. The van der Waals surface area contributed by atoms with Crippen LogP contribution in [-0.4, -0.2) is 200 Å². The Balaban J connectivity index is -0.0000000560. The van der Waals surface area contributed by atoms with E-state index in [1.165, 1.54) is 27.7 Å². The molecule has 0 heterocycles. The van der Waals surface area contributed by atoms with Gasteiger partial charge in [-0.15, -0.1) is 17.3 Å². The second-order valence-corrected chi connectivity index (χ2v) is 7.29. The van der Waals surface area contributed by atoms with Crippen LogP contribution in [0.4, 0.5) is 26.3 Å². The van der Waals surface area contributed by atoms with Gasteiger partial charge in [-0.05, 0) is 56.6 Å². The predicted molar refractivity (Wildman–Crippen MR) is 145 cm³/mol. The van der Waals surface area contributed by atoms with E-state index in [1.54, 1.807) is 0 Å². The molecule has 0 rings (SSSR count). The van der Waals surface area contributed by atoms with Gasteiger partial charge < -0.3 is 45.6 Å². The predicted octanol–water partition coefficient (Wildman–Crippen LogP) is -3.93. The van der Waals surface area contributed by atoms with E-state index in [-0.39, 0.29) is 172 Å². The molecule has 0 aromatic rings. The van der Waals surface area contributed by atoms with Gasteiger partial charge in [0.15, 0.2) is 23.3 Å².